The van der Waals surface area contributed by atoms with Crippen molar-refractivity contribution in [1.82, 2.24) is 5.32 Å². The van der Waals surface area contributed by atoms with Crippen molar-refractivity contribution in [1.29, 1.82) is 0 Å². The molecular weight excluding hydrogens is 779 g/mol. The molecule has 0 aromatic heterocycles. The third-order valence-electron chi connectivity index (χ3n) is 13.0. The third-order valence-corrected chi connectivity index (χ3v) is 13.0. The number of amides is 1. The molecule has 0 saturated carbocycles. The number of aliphatic hydroxyl groups is 2. The molecule has 0 aliphatic heterocycles. The van der Waals surface area contributed by atoms with E-state index in [1.165, 1.54) is 225 Å². The first-order valence-electron chi connectivity index (χ1n) is 28.1. The van der Waals surface area contributed by atoms with Crippen LogP contribution in [-0.2, 0) is 14.3 Å². The average molecular weight is 889 g/mol. The van der Waals surface area contributed by atoms with Crippen molar-refractivity contribution in [3.63, 3.8) is 0 Å². The number of rotatable bonds is 52. The standard InChI is InChI=1S/C57H109NO5/c1-3-5-7-9-11-13-15-31-35-39-43-47-51-57(62)63-52-48-44-40-36-32-29-27-25-23-21-19-17-16-18-20-22-24-26-28-30-34-38-42-46-50-56(61)58-54(53-59)55(60)49-45-41-37-33-14-12-10-8-6-4-2/h11,13,18,20,54-55,59-60H,3-10,12,14-17,19,21-53H2,1-2H3,(H,58,61)/b13-11-,20-18-. The molecule has 63 heavy (non-hydrogen) atoms. The van der Waals surface area contributed by atoms with E-state index in [1.807, 2.05) is 0 Å². The van der Waals surface area contributed by atoms with Gasteiger partial charge in [-0.25, -0.2) is 0 Å². The van der Waals surface area contributed by atoms with E-state index in [9.17, 15) is 19.8 Å². The molecule has 6 heteroatoms. The Kier molecular flexibility index (Phi) is 51.6. The molecule has 0 aliphatic carbocycles. The molecule has 0 bridgehead atoms. The highest BCUT2D eigenvalue weighted by Gasteiger charge is 2.20. The number of ether oxygens (including phenoxy) is 1. The van der Waals surface area contributed by atoms with Gasteiger partial charge in [-0.3, -0.25) is 9.59 Å². The van der Waals surface area contributed by atoms with Crippen molar-refractivity contribution >= 4 is 11.9 Å². The third kappa shape index (κ3) is 49.6. The molecule has 3 N–H and O–H groups in total. The van der Waals surface area contributed by atoms with Gasteiger partial charge in [0, 0.05) is 12.8 Å². The lowest BCUT2D eigenvalue weighted by atomic mass is 10.0. The van der Waals surface area contributed by atoms with Crippen LogP contribution in [0.3, 0.4) is 0 Å². The van der Waals surface area contributed by atoms with Gasteiger partial charge in [0.25, 0.3) is 0 Å². The number of nitrogens with one attached hydrogen (secondary N) is 1. The van der Waals surface area contributed by atoms with Crippen LogP contribution < -0.4 is 5.32 Å². The Morgan fingerprint density at radius 1 is 0.429 bits per heavy atom. The number of allylic oxidation sites excluding steroid dienone is 4. The van der Waals surface area contributed by atoms with Crippen molar-refractivity contribution in [2.24, 2.45) is 0 Å². The summed E-state index contributed by atoms with van der Waals surface area (Å²) in [6.07, 6.45) is 63.2. The van der Waals surface area contributed by atoms with Gasteiger partial charge in [0.15, 0.2) is 0 Å². The van der Waals surface area contributed by atoms with Crippen molar-refractivity contribution in [3.8, 4) is 0 Å². The molecule has 372 valence electrons. The first-order chi connectivity index (χ1) is 31.0. The summed E-state index contributed by atoms with van der Waals surface area (Å²) >= 11 is 0. The maximum atomic E-state index is 12.4. The van der Waals surface area contributed by atoms with E-state index in [2.05, 4.69) is 43.5 Å². The maximum absolute atomic E-state index is 12.4. The van der Waals surface area contributed by atoms with Crippen LogP contribution in [0.4, 0.5) is 0 Å². The molecule has 0 heterocycles. The van der Waals surface area contributed by atoms with Crippen molar-refractivity contribution in [2.75, 3.05) is 13.2 Å². The summed E-state index contributed by atoms with van der Waals surface area (Å²) in [4.78, 5) is 24.4. The van der Waals surface area contributed by atoms with Gasteiger partial charge in [-0.15, -0.1) is 0 Å². The Hall–Kier alpha value is -1.66. The Balaban J connectivity index is 3.38. The van der Waals surface area contributed by atoms with Crippen LogP contribution in [0, 0.1) is 0 Å². The molecule has 0 spiro atoms. The lowest BCUT2D eigenvalue weighted by molar-refractivity contribution is -0.143. The first-order valence-corrected chi connectivity index (χ1v) is 28.1. The van der Waals surface area contributed by atoms with Crippen LogP contribution >= 0.6 is 0 Å². The van der Waals surface area contributed by atoms with E-state index < -0.39 is 12.1 Å². The first kappa shape index (κ1) is 61.3. The molecule has 0 aliphatic rings. The fraction of sp³-hybridized carbons (Fsp3) is 0.895. The Morgan fingerprint density at radius 2 is 0.746 bits per heavy atom. The van der Waals surface area contributed by atoms with Crippen LogP contribution in [0.1, 0.15) is 303 Å². The summed E-state index contributed by atoms with van der Waals surface area (Å²) in [6.45, 7) is 4.91. The molecule has 0 radical (unpaired) electrons. The fourth-order valence-electron chi connectivity index (χ4n) is 8.63. The van der Waals surface area contributed by atoms with Gasteiger partial charge in [0.2, 0.25) is 5.91 Å². The Morgan fingerprint density at radius 3 is 1.16 bits per heavy atom. The number of hydrogen-bond acceptors (Lipinski definition) is 5. The number of unbranched alkanes of at least 4 members (excludes halogenated alkanes) is 37. The smallest absolute Gasteiger partial charge is 0.305 e. The monoisotopic (exact) mass is 888 g/mol. The normalized spacial score (nSPS) is 12.8. The lowest BCUT2D eigenvalue weighted by Crippen LogP contribution is -2.45. The van der Waals surface area contributed by atoms with Crippen LogP contribution in [0.5, 0.6) is 0 Å². The van der Waals surface area contributed by atoms with Gasteiger partial charge in [-0.1, -0.05) is 237 Å². The fourth-order valence-corrected chi connectivity index (χ4v) is 8.63. The highest BCUT2D eigenvalue weighted by atomic mass is 16.5. The zero-order chi connectivity index (χ0) is 45.8. The zero-order valence-electron chi connectivity index (χ0n) is 42.3. The summed E-state index contributed by atoms with van der Waals surface area (Å²) in [5, 5.41) is 23.1. The minimum atomic E-state index is -0.665. The molecule has 6 nitrogen and oxygen atoms in total. The zero-order valence-corrected chi connectivity index (χ0v) is 42.3. The lowest BCUT2D eigenvalue weighted by Gasteiger charge is -2.22. The van der Waals surface area contributed by atoms with Crippen molar-refractivity contribution in [2.45, 2.75) is 315 Å². The summed E-state index contributed by atoms with van der Waals surface area (Å²) in [5.74, 6) is -0.0388. The van der Waals surface area contributed by atoms with E-state index in [4.69, 9.17) is 4.74 Å². The van der Waals surface area contributed by atoms with Gasteiger partial charge >= 0.3 is 5.97 Å². The molecule has 0 fully saturated rings. The number of esters is 1. The molecule has 0 aromatic carbocycles. The quantitative estimate of drug-likeness (QED) is 0.0321. The second-order valence-electron chi connectivity index (χ2n) is 19.3. The second-order valence-corrected chi connectivity index (χ2v) is 19.3. The van der Waals surface area contributed by atoms with Gasteiger partial charge in [0.05, 0.1) is 25.4 Å². The number of hydrogen-bond donors (Lipinski definition) is 3. The van der Waals surface area contributed by atoms with Gasteiger partial charge in [0.1, 0.15) is 0 Å². The van der Waals surface area contributed by atoms with E-state index in [1.54, 1.807) is 0 Å². The number of carbonyl (C=O) groups excluding carboxylic acids is 2. The van der Waals surface area contributed by atoms with Crippen LogP contribution in [-0.4, -0.2) is 47.4 Å². The molecule has 0 aromatic rings. The van der Waals surface area contributed by atoms with E-state index in [-0.39, 0.29) is 18.5 Å². The summed E-state index contributed by atoms with van der Waals surface area (Å²) < 4.78 is 5.46. The van der Waals surface area contributed by atoms with Gasteiger partial charge in [-0.2, -0.15) is 0 Å². The Bertz CT molecular complexity index is 982. The van der Waals surface area contributed by atoms with E-state index in [0.717, 1.165) is 44.9 Å². The predicted octanol–water partition coefficient (Wildman–Crippen LogP) is 17.1. The number of aliphatic hydroxyl groups excluding tert-OH is 2. The summed E-state index contributed by atoms with van der Waals surface area (Å²) in [5.41, 5.74) is 0. The topological polar surface area (TPSA) is 95.9 Å². The summed E-state index contributed by atoms with van der Waals surface area (Å²) in [7, 11) is 0. The highest BCUT2D eigenvalue weighted by Crippen LogP contribution is 2.16. The van der Waals surface area contributed by atoms with E-state index in [0.29, 0.717) is 25.9 Å². The molecule has 2 atom stereocenters. The van der Waals surface area contributed by atoms with Crippen molar-refractivity contribution < 1.29 is 24.5 Å². The number of carbonyl (C=O) groups is 2. The van der Waals surface area contributed by atoms with Crippen LogP contribution in [0.2, 0.25) is 0 Å². The van der Waals surface area contributed by atoms with Crippen LogP contribution in [0.25, 0.3) is 0 Å². The maximum Gasteiger partial charge on any atom is 0.305 e. The van der Waals surface area contributed by atoms with Gasteiger partial charge in [-0.05, 0) is 77.0 Å². The minimum Gasteiger partial charge on any atom is -0.466 e. The Labute approximate surface area is 392 Å². The average Bonchev–Trinajstić information content (AvgIpc) is 3.28. The molecular formula is C57H109NO5. The van der Waals surface area contributed by atoms with Crippen LogP contribution in [0.15, 0.2) is 24.3 Å². The largest absolute Gasteiger partial charge is 0.466 e. The second kappa shape index (κ2) is 53.0. The van der Waals surface area contributed by atoms with Gasteiger partial charge < -0.3 is 20.3 Å². The van der Waals surface area contributed by atoms with Crippen molar-refractivity contribution in [3.05, 3.63) is 24.3 Å². The summed E-state index contributed by atoms with van der Waals surface area (Å²) in [6, 6.07) is -0.542. The molecule has 0 saturated heterocycles. The highest BCUT2D eigenvalue weighted by molar-refractivity contribution is 5.76. The SMILES string of the molecule is CCCCC/C=C\CCCCCCCC(=O)OCCCCCCCCCCCCCC/C=C\CCCCCCCCCCC(=O)NC(CO)C(O)CCCCCCCCCCCC. The minimum absolute atomic E-state index is 0.00220. The molecule has 1 amide bonds. The predicted molar refractivity (Wildman–Crippen MR) is 273 cm³/mol. The molecule has 2 unspecified atom stereocenters. The molecule has 0 rings (SSSR count). The van der Waals surface area contributed by atoms with E-state index >= 15 is 0 Å².